The van der Waals surface area contributed by atoms with Gasteiger partial charge in [0.1, 0.15) is 4.21 Å². The van der Waals surface area contributed by atoms with Crippen molar-refractivity contribution in [1.29, 1.82) is 0 Å². The molecule has 4 N–H and O–H groups in total. The predicted octanol–water partition coefficient (Wildman–Crippen LogP) is 2.78. The monoisotopic (exact) mass is 494 g/mol. The molecule has 23 heavy (non-hydrogen) atoms. The Kier molecular flexibility index (Phi) is 12.2. The third kappa shape index (κ3) is 9.70. The summed E-state index contributed by atoms with van der Waals surface area (Å²) >= 11 is 6.75. The van der Waals surface area contributed by atoms with Crippen molar-refractivity contribution in [2.45, 2.75) is 36.8 Å². The van der Waals surface area contributed by atoms with Gasteiger partial charge >= 0.3 is 0 Å². The minimum atomic E-state index is -3.50. The summed E-state index contributed by atoms with van der Waals surface area (Å²) in [5.74, 6) is 0.342. The fourth-order valence-corrected chi connectivity index (χ4v) is 4.24. The molecule has 0 aromatic carbocycles. The Morgan fingerprint density at radius 1 is 1.30 bits per heavy atom. The van der Waals surface area contributed by atoms with E-state index in [-0.39, 0.29) is 34.7 Å². The molecule has 0 fully saturated rings. The van der Waals surface area contributed by atoms with Crippen LogP contribution < -0.4 is 15.8 Å². The van der Waals surface area contributed by atoms with E-state index in [0.717, 1.165) is 24.2 Å². The van der Waals surface area contributed by atoms with Crippen molar-refractivity contribution in [3.63, 3.8) is 0 Å². The van der Waals surface area contributed by atoms with Gasteiger partial charge in [0.05, 0.1) is 4.34 Å². The van der Waals surface area contributed by atoms with Crippen LogP contribution >= 0.6 is 46.9 Å². The number of hydrogen-bond acceptors (Lipinski definition) is 4. The molecule has 0 spiro atoms. The van der Waals surface area contributed by atoms with Crippen LogP contribution in [0, 0.1) is 0 Å². The molecule has 1 rings (SSSR count). The average Bonchev–Trinajstić information content (AvgIpc) is 2.91. The van der Waals surface area contributed by atoms with Crippen LogP contribution in [0.5, 0.6) is 0 Å². The molecule has 0 saturated heterocycles. The van der Waals surface area contributed by atoms with Gasteiger partial charge in [0, 0.05) is 19.6 Å². The summed E-state index contributed by atoms with van der Waals surface area (Å²) < 4.78 is 27.0. The van der Waals surface area contributed by atoms with Gasteiger partial charge in [-0.3, -0.25) is 4.99 Å². The Balaban J connectivity index is 0.00000484. The van der Waals surface area contributed by atoms with E-state index in [9.17, 15) is 8.42 Å². The molecule has 0 unspecified atom stereocenters. The van der Waals surface area contributed by atoms with Crippen LogP contribution in [-0.2, 0) is 10.0 Å². The molecule has 10 heteroatoms. The van der Waals surface area contributed by atoms with Crippen LogP contribution in [0.1, 0.15) is 32.6 Å². The van der Waals surface area contributed by atoms with Gasteiger partial charge in [-0.2, -0.15) is 0 Å². The Morgan fingerprint density at radius 2 is 2.04 bits per heavy atom. The average molecular weight is 495 g/mol. The summed E-state index contributed by atoms with van der Waals surface area (Å²) in [6, 6.07) is 3.04. The summed E-state index contributed by atoms with van der Waals surface area (Å²) in [5.41, 5.74) is 5.70. The number of nitrogens with zero attached hydrogens (tertiary/aromatic N) is 1. The Morgan fingerprint density at radius 3 is 2.65 bits per heavy atom. The van der Waals surface area contributed by atoms with Gasteiger partial charge in [0.25, 0.3) is 0 Å². The molecule has 1 heterocycles. The molecule has 6 nitrogen and oxygen atoms in total. The molecule has 1 aromatic rings. The normalized spacial score (nSPS) is 12.0. The second-order valence-electron chi connectivity index (χ2n) is 4.71. The standard InChI is InChI=1S/C13H23ClN4O2S2.HI/c1-2-3-4-5-8-16-13(15)17-9-10-18-22(19,20)12-7-6-11(14)21-12;/h6-7,18H,2-5,8-10H2,1H3,(H3,15,16,17);1H. The van der Waals surface area contributed by atoms with Crippen LogP contribution in [0.2, 0.25) is 4.34 Å². The lowest BCUT2D eigenvalue weighted by atomic mass is 10.2. The Bertz CT molecular complexity index is 578. The van der Waals surface area contributed by atoms with Crippen LogP contribution in [0.25, 0.3) is 0 Å². The van der Waals surface area contributed by atoms with Crippen LogP contribution in [0.15, 0.2) is 21.3 Å². The molecule has 0 aliphatic carbocycles. The van der Waals surface area contributed by atoms with Crippen molar-refractivity contribution >= 4 is 62.9 Å². The molecule has 0 amide bonds. The first-order valence-electron chi connectivity index (χ1n) is 7.24. The first-order chi connectivity index (χ1) is 10.5. The van der Waals surface area contributed by atoms with Crippen molar-refractivity contribution in [3.05, 3.63) is 16.5 Å². The molecular weight excluding hydrogens is 471 g/mol. The van der Waals surface area contributed by atoms with Gasteiger partial charge in [-0.1, -0.05) is 37.8 Å². The number of unbranched alkanes of at least 4 members (excludes halogenated alkanes) is 3. The molecule has 0 saturated carbocycles. The highest BCUT2D eigenvalue weighted by molar-refractivity contribution is 14.0. The summed E-state index contributed by atoms with van der Waals surface area (Å²) in [5, 5.41) is 2.88. The smallest absolute Gasteiger partial charge is 0.250 e. The number of halogens is 2. The number of hydrogen-bond donors (Lipinski definition) is 3. The van der Waals surface area contributed by atoms with Crippen molar-refractivity contribution in [2.24, 2.45) is 10.7 Å². The Labute approximate surface area is 164 Å². The zero-order valence-corrected chi connectivity index (χ0v) is 17.8. The maximum absolute atomic E-state index is 11.9. The van der Waals surface area contributed by atoms with Crippen molar-refractivity contribution in [2.75, 3.05) is 19.6 Å². The van der Waals surface area contributed by atoms with Crippen molar-refractivity contribution in [1.82, 2.24) is 10.0 Å². The number of thiophene rings is 1. The third-order valence-electron chi connectivity index (χ3n) is 2.83. The minimum absolute atomic E-state index is 0. The van der Waals surface area contributed by atoms with Gasteiger partial charge in [-0.15, -0.1) is 35.3 Å². The molecule has 1 aromatic heterocycles. The lowest BCUT2D eigenvalue weighted by molar-refractivity contribution is 0.583. The molecule has 0 atom stereocenters. The number of nitrogens with one attached hydrogen (secondary N) is 2. The predicted molar refractivity (Wildman–Crippen MR) is 109 cm³/mol. The maximum Gasteiger partial charge on any atom is 0.250 e. The molecule has 0 bridgehead atoms. The van der Waals surface area contributed by atoms with E-state index in [1.807, 2.05) is 0 Å². The minimum Gasteiger partial charge on any atom is -0.370 e. The van der Waals surface area contributed by atoms with Gasteiger partial charge in [-0.05, 0) is 18.6 Å². The fraction of sp³-hybridized carbons (Fsp3) is 0.615. The third-order valence-corrected chi connectivity index (χ3v) is 6.01. The first-order valence-corrected chi connectivity index (χ1v) is 9.92. The quantitative estimate of drug-likeness (QED) is 0.202. The van der Waals surface area contributed by atoms with Crippen LogP contribution in [0.4, 0.5) is 0 Å². The van der Waals surface area contributed by atoms with E-state index < -0.39 is 10.0 Å². The molecule has 0 aliphatic rings. The van der Waals surface area contributed by atoms with E-state index in [0.29, 0.717) is 23.4 Å². The van der Waals surface area contributed by atoms with Gasteiger partial charge in [0.2, 0.25) is 10.0 Å². The topological polar surface area (TPSA) is 96.6 Å². The largest absolute Gasteiger partial charge is 0.370 e. The molecular formula is C13H24ClIN4O2S2. The van der Waals surface area contributed by atoms with E-state index in [1.165, 1.54) is 18.9 Å². The zero-order valence-electron chi connectivity index (χ0n) is 13.0. The summed E-state index contributed by atoms with van der Waals surface area (Å²) in [7, 11) is -3.50. The summed E-state index contributed by atoms with van der Waals surface area (Å²) in [6.07, 6.45) is 4.56. The first kappa shape index (κ1) is 22.9. The van der Waals surface area contributed by atoms with Gasteiger partial charge in [-0.25, -0.2) is 13.1 Å². The maximum atomic E-state index is 11.9. The molecule has 0 radical (unpaired) electrons. The van der Waals surface area contributed by atoms with E-state index in [1.54, 1.807) is 6.07 Å². The highest BCUT2D eigenvalue weighted by Gasteiger charge is 2.15. The van der Waals surface area contributed by atoms with E-state index in [2.05, 4.69) is 22.0 Å². The van der Waals surface area contributed by atoms with E-state index >= 15 is 0 Å². The summed E-state index contributed by atoms with van der Waals surface area (Å²) in [4.78, 5) is 4.18. The zero-order chi connectivity index (χ0) is 16.4. The van der Waals surface area contributed by atoms with Crippen molar-refractivity contribution < 1.29 is 8.42 Å². The fourth-order valence-electron chi connectivity index (χ4n) is 1.68. The summed E-state index contributed by atoms with van der Waals surface area (Å²) in [6.45, 7) is 3.45. The second kappa shape index (κ2) is 12.3. The second-order valence-corrected chi connectivity index (χ2v) is 8.42. The number of rotatable bonds is 10. The number of guanidine groups is 1. The lowest BCUT2D eigenvalue weighted by Crippen LogP contribution is -2.38. The lowest BCUT2D eigenvalue weighted by Gasteiger charge is -2.07. The van der Waals surface area contributed by atoms with Gasteiger partial charge < -0.3 is 11.1 Å². The number of aliphatic imine (C=N–C) groups is 1. The van der Waals surface area contributed by atoms with Crippen LogP contribution in [-0.4, -0.2) is 34.0 Å². The van der Waals surface area contributed by atoms with Gasteiger partial charge in [0.15, 0.2) is 5.96 Å². The highest BCUT2D eigenvalue weighted by atomic mass is 127. The van der Waals surface area contributed by atoms with Crippen molar-refractivity contribution in [3.8, 4) is 0 Å². The molecule has 134 valence electrons. The van der Waals surface area contributed by atoms with E-state index in [4.69, 9.17) is 17.3 Å². The number of sulfonamides is 1. The number of nitrogens with two attached hydrogens (primary N) is 1. The SMILES string of the molecule is CCCCCCN=C(N)NCCNS(=O)(=O)c1ccc(Cl)s1.I. The van der Waals surface area contributed by atoms with Crippen LogP contribution in [0.3, 0.4) is 0 Å². The molecule has 0 aliphatic heterocycles. The highest BCUT2D eigenvalue weighted by Crippen LogP contribution is 2.24. The Hall–Kier alpha value is -0.1000.